The number of phenols is 1. The van der Waals surface area contributed by atoms with Crippen LogP contribution in [0.1, 0.15) is 21.5 Å². The number of ketones is 1. The molecule has 34 heavy (non-hydrogen) atoms. The Hall–Kier alpha value is -4.39. The van der Waals surface area contributed by atoms with Crippen LogP contribution in [0.4, 0.5) is 5.69 Å². The van der Waals surface area contributed by atoms with Gasteiger partial charge < -0.3 is 29.4 Å². The summed E-state index contributed by atoms with van der Waals surface area (Å²) in [6.45, 7) is 0. The van der Waals surface area contributed by atoms with E-state index in [-0.39, 0.29) is 11.5 Å². The molecule has 0 atom stereocenters. The topological polar surface area (TPSA) is 86.3 Å². The second-order valence-corrected chi connectivity index (χ2v) is 7.08. The van der Waals surface area contributed by atoms with E-state index < -0.39 is 0 Å². The average molecular weight is 462 g/mol. The molecule has 0 spiro atoms. The molecule has 0 saturated heterocycles. The highest BCUT2D eigenvalue weighted by Crippen LogP contribution is 2.40. The fourth-order valence-corrected chi connectivity index (χ4v) is 3.33. The van der Waals surface area contributed by atoms with Crippen LogP contribution in [0.2, 0.25) is 0 Å². The normalized spacial score (nSPS) is 10.9. The van der Waals surface area contributed by atoms with Crippen LogP contribution in [0, 0.1) is 0 Å². The Labute approximate surface area is 198 Å². The van der Waals surface area contributed by atoms with Gasteiger partial charge in [-0.15, -0.1) is 0 Å². The van der Waals surface area contributed by atoms with E-state index in [1.165, 1.54) is 19.4 Å². The molecule has 0 fully saturated rings. The molecule has 2 N–H and O–H groups in total. The number of allylic oxidation sites excluding steroid dienone is 1. The number of carbonyl (C=O) groups excluding carboxylic acids is 1. The van der Waals surface area contributed by atoms with Crippen LogP contribution in [0.5, 0.6) is 28.7 Å². The monoisotopic (exact) mass is 461 g/mol. The van der Waals surface area contributed by atoms with Crippen LogP contribution in [0.15, 0.2) is 66.9 Å². The van der Waals surface area contributed by atoms with Gasteiger partial charge in [0.05, 0.1) is 34.1 Å². The summed E-state index contributed by atoms with van der Waals surface area (Å²) in [6, 6.07) is 16.0. The number of methoxy groups -OCH3 is 4. The number of carbonyl (C=O) groups is 1. The number of anilines is 1. The first kappa shape index (κ1) is 24.3. The summed E-state index contributed by atoms with van der Waals surface area (Å²) in [7, 11) is 6.12. The average Bonchev–Trinajstić information content (AvgIpc) is 2.88. The molecule has 0 aliphatic rings. The molecular formula is C27H27NO6. The van der Waals surface area contributed by atoms with Gasteiger partial charge in [0.1, 0.15) is 0 Å². The number of phenolic OH excluding ortho intramolecular Hbond substituents is 1. The molecule has 0 saturated carbocycles. The van der Waals surface area contributed by atoms with Crippen molar-refractivity contribution in [1.82, 2.24) is 0 Å². The molecule has 7 heteroatoms. The summed E-state index contributed by atoms with van der Waals surface area (Å²) in [6.07, 6.45) is 6.55. The van der Waals surface area contributed by atoms with Gasteiger partial charge in [-0.05, 0) is 29.8 Å². The van der Waals surface area contributed by atoms with Crippen molar-refractivity contribution in [2.45, 2.75) is 0 Å². The van der Waals surface area contributed by atoms with Crippen LogP contribution in [-0.2, 0) is 0 Å². The minimum absolute atomic E-state index is 0.0775. The lowest BCUT2D eigenvalue weighted by atomic mass is 10.1. The molecule has 0 aliphatic heterocycles. The fourth-order valence-electron chi connectivity index (χ4n) is 3.33. The van der Waals surface area contributed by atoms with E-state index in [0.29, 0.717) is 39.8 Å². The van der Waals surface area contributed by atoms with Crippen molar-refractivity contribution < 1.29 is 28.8 Å². The summed E-state index contributed by atoms with van der Waals surface area (Å²) in [4.78, 5) is 12.3. The Morgan fingerprint density at radius 1 is 0.824 bits per heavy atom. The van der Waals surface area contributed by atoms with Crippen LogP contribution < -0.4 is 24.3 Å². The first-order valence-electron chi connectivity index (χ1n) is 10.4. The summed E-state index contributed by atoms with van der Waals surface area (Å²) < 4.78 is 21.4. The lowest BCUT2D eigenvalue weighted by molar-refractivity contribution is 0.104. The van der Waals surface area contributed by atoms with Crippen molar-refractivity contribution in [3.05, 3.63) is 83.6 Å². The Bertz CT molecular complexity index is 1180. The third-order valence-electron chi connectivity index (χ3n) is 5.06. The zero-order valence-electron chi connectivity index (χ0n) is 19.5. The molecule has 0 radical (unpaired) electrons. The Morgan fingerprint density at radius 2 is 1.47 bits per heavy atom. The molecule has 0 bridgehead atoms. The highest BCUT2D eigenvalue weighted by Gasteiger charge is 2.14. The van der Waals surface area contributed by atoms with Gasteiger partial charge in [-0.25, -0.2) is 0 Å². The minimum atomic E-state index is -0.162. The van der Waals surface area contributed by atoms with E-state index in [0.717, 1.165) is 5.56 Å². The number of hydrogen-bond acceptors (Lipinski definition) is 7. The molecule has 176 valence electrons. The molecule has 3 aromatic rings. The second-order valence-electron chi connectivity index (χ2n) is 7.08. The van der Waals surface area contributed by atoms with Gasteiger partial charge in [-0.1, -0.05) is 42.5 Å². The molecule has 3 aromatic carbocycles. The lowest BCUT2D eigenvalue weighted by Gasteiger charge is -2.13. The first-order chi connectivity index (χ1) is 16.5. The maximum Gasteiger partial charge on any atom is 0.203 e. The number of rotatable bonds is 10. The summed E-state index contributed by atoms with van der Waals surface area (Å²) >= 11 is 0. The van der Waals surface area contributed by atoms with Gasteiger partial charge in [0.2, 0.25) is 5.75 Å². The van der Waals surface area contributed by atoms with Crippen LogP contribution in [-0.4, -0.2) is 39.3 Å². The van der Waals surface area contributed by atoms with Crippen molar-refractivity contribution in [1.29, 1.82) is 0 Å². The van der Waals surface area contributed by atoms with Gasteiger partial charge in [0, 0.05) is 23.4 Å². The van der Waals surface area contributed by atoms with E-state index in [9.17, 15) is 9.90 Å². The smallest absolute Gasteiger partial charge is 0.203 e. The molecule has 3 rings (SSSR count). The van der Waals surface area contributed by atoms with Gasteiger partial charge in [-0.2, -0.15) is 0 Å². The zero-order valence-corrected chi connectivity index (χ0v) is 19.5. The van der Waals surface area contributed by atoms with Crippen LogP contribution in [0.3, 0.4) is 0 Å². The maximum absolute atomic E-state index is 12.3. The van der Waals surface area contributed by atoms with Gasteiger partial charge >= 0.3 is 0 Å². The number of benzene rings is 3. The minimum Gasteiger partial charge on any atom is -0.503 e. The third kappa shape index (κ3) is 5.50. The lowest BCUT2D eigenvalue weighted by Crippen LogP contribution is -1.98. The van der Waals surface area contributed by atoms with Crippen molar-refractivity contribution >= 4 is 23.6 Å². The van der Waals surface area contributed by atoms with E-state index in [4.69, 9.17) is 18.9 Å². The first-order valence-corrected chi connectivity index (χ1v) is 10.4. The maximum atomic E-state index is 12.3. The largest absolute Gasteiger partial charge is 0.503 e. The molecule has 0 aliphatic carbocycles. The SMILES string of the molecule is COc1ccc(/C=C\c2cc(OC)c(OC)c(OC)c2)c(N/C=C\C(=O)c2ccccc2)c1O. The van der Waals surface area contributed by atoms with Crippen molar-refractivity contribution in [3.63, 3.8) is 0 Å². The summed E-state index contributed by atoms with van der Waals surface area (Å²) in [5.41, 5.74) is 2.42. The summed E-state index contributed by atoms with van der Waals surface area (Å²) in [5.74, 6) is 1.62. The van der Waals surface area contributed by atoms with Crippen molar-refractivity contribution in [2.24, 2.45) is 0 Å². The number of hydrogen-bond donors (Lipinski definition) is 2. The second kappa shape index (κ2) is 11.5. The molecule has 0 unspecified atom stereocenters. The van der Waals surface area contributed by atoms with E-state index in [2.05, 4.69) is 5.32 Å². The molecule has 0 aromatic heterocycles. The van der Waals surface area contributed by atoms with E-state index in [1.54, 1.807) is 57.7 Å². The van der Waals surface area contributed by atoms with Gasteiger partial charge in [-0.3, -0.25) is 4.79 Å². The predicted molar refractivity (Wildman–Crippen MR) is 133 cm³/mol. The quantitative estimate of drug-likeness (QED) is 0.181. The zero-order chi connectivity index (χ0) is 24.5. The fraction of sp³-hybridized carbons (Fsp3) is 0.148. The highest BCUT2D eigenvalue weighted by atomic mass is 16.5. The van der Waals surface area contributed by atoms with Crippen LogP contribution >= 0.6 is 0 Å². The molecule has 0 heterocycles. The van der Waals surface area contributed by atoms with Crippen molar-refractivity contribution in [2.75, 3.05) is 33.8 Å². The van der Waals surface area contributed by atoms with Gasteiger partial charge in [0.15, 0.2) is 28.8 Å². The van der Waals surface area contributed by atoms with E-state index in [1.807, 2.05) is 30.4 Å². The van der Waals surface area contributed by atoms with Gasteiger partial charge in [0.25, 0.3) is 0 Å². The molecular weight excluding hydrogens is 434 g/mol. The van der Waals surface area contributed by atoms with Crippen LogP contribution in [0.25, 0.3) is 12.2 Å². The van der Waals surface area contributed by atoms with E-state index >= 15 is 0 Å². The van der Waals surface area contributed by atoms with Crippen molar-refractivity contribution in [3.8, 4) is 28.7 Å². The Kier molecular flexibility index (Phi) is 8.18. The predicted octanol–water partition coefficient (Wildman–Crippen LogP) is 5.41. The number of nitrogens with one attached hydrogen (secondary N) is 1. The number of aromatic hydroxyl groups is 1. The number of ether oxygens (including phenoxy) is 4. The highest BCUT2D eigenvalue weighted by molar-refractivity contribution is 6.04. The summed E-state index contributed by atoms with van der Waals surface area (Å²) in [5, 5.41) is 13.7. The standard InChI is InChI=1S/C27H27NO6/c1-31-22-13-12-20(11-10-18-16-23(32-2)27(34-4)24(17-18)33-3)25(26(22)30)28-15-14-21(29)19-8-6-5-7-9-19/h5-17,28,30H,1-4H3/b11-10-,15-14-. The Morgan fingerprint density at radius 3 is 2.06 bits per heavy atom. The molecule has 0 amide bonds. The Balaban J connectivity index is 1.92. The third-order valence-corrected chi connectivity index (χ3v) is 5.06. The molecule has 7 nitrogen and oxygen atoms in total.